The van der Waals surface area contributed by atoms with Gasteiger partial charge in [-0.2, -0.15) is 0 Å². The van der Waals surface area contributed by atoms with Crippen molar-refractivity contribution >= 4 is 28.3 Å². The average Bonchev–Trinajstić information content (AvgIpc) is 3.00. The van der Waals surface area contributed by atoms with Crippen molar-refractivity contribution in [2.45, 2.75) is 46.6 Å². The van der Waals surface area contributed by atoms with E-state index < -0.39 is 6.04 Å². The zero-order valence-corrected chi connectivity index (χ0v) is 16.9. The van der Waals surface area contributed by atoms with Crippen molar-refractivity contribution in [2.75, 3.05) is 5.32 Å². The minimum Gasteiger partial charge on any atom is -0.344 e. The number of benzene rings is 1. The smallest absolute Gasteiger partial charge is 0.248 e. The third-order valence-corrected chi connectivity index (χ3v) is 4.85. The molecule has 2 rings (SSSR count). The van der Waals surface area contributed by atoms with E-state index in [-0.39, 0.29) is 29.5 Å². The second-order valence-electron chi connectivity index (χ2n) is 7.31. The van der Waals surface area contributed by atoms with Gasteiger partial charge in [0.05, 0.1) is 0 Å². The summed E-state index contributed by atoms with van der Waals surface area (Å²) in [5.41, 5.74) is 0.971. The number of rotatable bonds is 8. The fraction of sp³-hybridized carbons (Fsp3) is 0.450. The molecule has 2 aromatic rings. The number of nitrogens with zero attached hydrogens (tertiary/aromatic N) is 1. The Morgan fingerprint density at radius 1 is 1.15 bits per heavy atom. The Morgan fingerprint density at radius 3 is 2.41 bits per heavy atom. The maximum Gasteiger partial charge on any atom is 0.248 e. The maximum absolute atomic E-state index is 13.0. The Bertz CT molecular complexity index is 772. The summed E-state index contributed by atoms with van der Waals surface area (Å²) in [6.45, 7) is 7.70. The van der Waals surface area contributed by atoms with Crippen molar-refractivity contribution < 1.29 is 14.0 Å². The zero-order valence-electron chi connectivity index (χ0n) is 16.1. The molecule has 2 amide bonds. The number of carbonyl (C=O) groups is 2. The van der Waals surface area contributed by atoms with Gasteiger partial charge in [0.1, 0.15) is 11.9 Å². The van der Waals surface area contributed by atoms with Crippen LogP contribution >= 0.6 is 11.3 Å². The second kappa shape index (κ2) is 9.60. The van der Waals surface area contributed by atoms with Gasteiger partial charge < -0.3 is 10.6 Å². The predicted molar refractivity (Wildman–Crippen MR) is 106 cm³/mol. The molecule has 5 nitrogen and oxygen atoms in total. The zero-order chi connectivity index (χ0) is 20.0. The highest BCUT2D eigenvalue weighted by molar-refractivity contribution is 7.15. The van der Waals surface area contributed by atoms with E-state index in [1.54, 1.807) is 18.3 Å². The van der Waals surface area contributed by atoms with Crippen LogP contribution in [0, 0.1) is 17.7 Å². The molecule has 146 valence electrons. The van der Waals surface area contributed by atoms with Crippen molar-refractivity contribution in [3.8, 4) is 0 Å². The van der Waals surface area contributed by atoms with Gasteiger partial charge in [0.25, 0.3) is 0 Å². The quantitative estimate of drug-likeness (QED) is 0.714. The summed E-state index contributed by atoms with van der Waals surface area (Å²) in [5.74, 6) is -0.483. The highest BCUT2D eigenvalue weighted by Crippen LogP contribution is 2.22. The highest BCUT2D eigenvalue weighted by atomic mass is 32.1. The van der Waals surface area contributed by atoms with Gasteiger partial charge in [0.15, 0.2) is 5.13 Å². The first-order valence-electron chi connectivity index (χ1n) is 9.04. The van der Waals surface area contributed by atoms with Gasteiger partial charge in [-0.15, -0.1) is 11.3 Å². The van der Waals surface area contributed by atoms with Gasteiger partial charge in [-0.05, 0) is 29.5 Å². The lowest BCUT2D eigenvalue weighted by molar-refractivity contribution is -0.127. The normalized spacial score (nSPS) is 12.3. The fourth-order valence-electron chi connectivity index (χ4n) is 2.57. The SMILES string of the molecule is CC(C)CC(=O)NC(C(=O)Nc1ncc(Cc2ccc(F)cc2)s1)C(C)C. The van der Waals surface area contributed by atoms with E-state index in [4.69, 9.17) is 0 Å². The Hall–Kier alpha value is -2.28. The molecule has 1 atom stereocenters. The van der Waals surface area contributed by atoms with Crippen molar-refractivity contribution in [1.82, 2.24) is 10.3 Å². The maximum atomic E-state index is 13.0. The highest BCUT2D eigenvalue weighted by Gasteiger charge is 2.25. The van der Waals surface area contributed by atoms with E-state index in [9.17, 15) is 14.0 Å². The molecule has 1 aromatic carbocycles. The van der Waals surface area contributed by atoms with E-state index in [2.05, 4.69) is 15.6 Å². The minimum absolute atomic E-state index is 0.0419. The molecule has 0 bridgehead atoms. The third-order valence-electron chi connectivity index (χ3n) is 3.93. The number of halogens is 1. The monoisotopic (exact) mass is 391 g/mol. The van der Waals surface area contributed by atoms with Crippen LogP contribution in [0.1, 0.15) is 44.6 Å². The molecule has 7 heteroatoms. The summed E-state index contributed by atoms with van der Waals surface area (Å²) in [4.78, 5) is 29.8. The summed E-state index contributed by atoms with van der Waals surface area (Å²) >= 11 is 1.37. The predicted octanol–water partition coefficient (Wildman–Crippen LogP) is 4.00. The largest absolute Gasteiger partial charge is 0.344 e. The Kier molecular flexibility index (Phi) is 7.47. The Balaban J connectivity index is 1.98. The molecular weight excluding hydrogens is 365 g/mol. The molecule has 0 aliphatic rings. The third kappa shape index (κ3) is 6.75. The number of hydrogen-bond donors (Lipinski definition) is 2. The van der Waals surface area contributed by atoms with Crippen LogP contribution in [0.3, 0.4) is 0 Å². The summed E-state index contributed by atoms with van der Waals surface area (Å²) in [6.07, 6.45) is 2.70. The number of anilines is 1. The molecule has 1 aromatic heterocycles. The number of aromatic nitrogens is 1. The topological polar surface area (TPSA) is 71.1 Å². The van der Waals surface area contributed by atoms with Crippen molar-refractivity contribution in [3.63, 3.8) is 0 Å². The molecule has 27 heavy (non-hydrogen) atoms. The van der Waals surface area contributed by atoms with Gasteiger partial charge in [-0.25, -0.2) is 9.37 Å². The summed E-state index contributed by atoms with van der Waals surface area (Å²) < 4.78 is 13.0. The number of carbonyl (C=O) groups excluding carboxylic acids is 2. The molecule has 0 aliphatic heterocycles. The lowest BCUT2D eigenvalue weighted by Gasteiger charge is -2.21. The van der Waals surface area contributed by atoms with Gasteiger partial charge in [-0.1, -0.05) is 39.8 Å². The van der Waals surface area contributed by atoms with Crippen LogP contribution in [0.5, 0.6) is 0 Å². The second-order valence-corrected chi connectivity index (χ2v) is 8.43. The molecule has 0 saturated carbocycles. The molecule has 0 fully saturated rings. The molecule has 0 aliphatic carbocycles. The molecule has 0 saturated heterocycles. The van der Waals surface area contributed by atoms with Gasteiger partial charge in [0, 0.05) is 23.9 Å². The summed E-state index contributed by atoms with van der Waals surface area (Å²) in [7, 11) is 0. The molecule has 1 unspecified atom stereocenters. The molecule has 0 radical (unpaired) electrons. The van der Waals surface area contributed by atoms with Crippen LogP contribution in [0.4, 0.5) is 9.52 Å². The van der Waals surface area contributed by atoms with Crippen LogP contribution in [-0.2, 0) is 16.0 Å². The van der Waals surface area contributed by atoms with E-state index in [1.807, 2.05) is 27.7 Å². The fourth-order valence-corrected chi connectivity index (χ4v) is 3.42. The van der Waals surface area contributed by atoms with Crippen LogP contribution in [0.2, 0.25) is 0 Å². The molecular formula is C20H26FN3O2S. The van der Waals surface area contributed by atoms with Gasteiger partial charge >= 0.3 is 0 Å². The van der Waals surface area contributed by atoms with Crippen LogP contribution in [0.25, 0.3) is 0 Å². The molecule has 2 N–H and O–H groups in total. The average molecular weight is 392 g/mol. The van der Waals surface area contributed by atoms with Gasteiger partial charge in [-0.3, -0.25) is 9.59 Å². The minimum atomic E-state index is -0.610. The first kappa shape index (κ1) is 21.0. The molecule has 0 spiro atoms. The molecule has 1 heterocycles. The van der Waals surface area contributed by atoms with E-state index >= 15 is 0 Å². The number of amides is 2. The van der Waals surface area contributed by atoms with Crippen LogP contribution < -0.4 is 10.6 Å². The van der Waals surface area contributed by atoms with Crippen molar-refractivity contribution in [3.05, 3.63) is 46.7 Å². The van der Waals surface area contributed by atoms with Crippen molar-refractivity contribution in [2.24, 2.45) is 11.8 Å². The summed E-state index contributed by atoms with van der Waals surface area (Å²) in [6, 6.07) is 5.69. The van der Waals surface area contributed by atoms with E-state index in [0.717, 1.165) is 10.4 Å². The van der Waals surface area contributed by atoms with E-state index in [0.29, 0.717) is 18.0 Å². The van der Waals surface area contributed by atoms with E-state index in [1.165, 1.54) is 23.5 Å². The van der Waals surface area contributed by atoms with Crippen molar-refractivity contribution in [1.29, 1.82) is 0 Å². The lowest BCUT2D eigenvalue weighted by Crippen LogP contribution is -2.47. The number of hydrogen-bond acceptors (Lipinski definition) is 4. The summed E-state index contributed by atoms with van der Waals surface area (Å²) in [5, 5.41) is 6.09. The lowest BCUT2D eigenvalue weighted by atomic mass is 10.0. The number of nitrogens with one attached hydrogen (secondary N) is 2. The van der Waals surface area contributed by atoms with Crippen LogP contribution in [0.15, 0.2) is 30.5 Å². The van der Waals surface area contributed by atoms with Gasteiger partial charge in [0.2, 0.25) is 11.8 Å². The first-order valence-corrected chi connectivity index (χ1v) is 9.85. The first-order chi connectivity index (χ1) is 12.7. The Labute approximate surface area is 163 Å². The Morgan fingerprint density at radius 2 is 1.81 bits per heavy atom. The number of thiazole rings is 1. The van der Waals surface area contributed by atoms with Crippen LogP contribution in [-0.4, -0.2) is 22.8 Å². The standard InChI is InChI=1S/C20H26FN3O2S/c1-12(2)9-17(25)23-18(13(3)4)19(26)24-20-22-11-16(27-20)10-14-5-7-15(21)8-6-14/h5-8,11-13,18H,9-10H2,1-4H3,(H,23,25)(H,22,24,26).